The maximum absolute atomic E-state index is 14.0. The van der Waals surface area contributed by atoms with Crippen molar-refractivity contribution in [2.24, 2.45) is 0 Å². The smallest absolute Gasteiger partial charge is 0.460 e. The van der Waals surface area contributed by atoms with Crippen molar-refractivity contribution in [2.45, 2.75) is 147 Å². The number of amides is 4. The largest absolute Gasteiger partial charge is 0.475 e. The Labute approximate surface area is 630 Å². The van der Waals surface area contributed by atoms with Crippen molar-refractivity contribution in [1.29, 1.82) is 0 Å². The van der Waals surface area contributed by atoms with Crippen LogP contribution in [0.3, 0.4) is 0 Å². The van der Waals surface area contributed by atoms with E-state index in [4.69, 9.17) is 51.1 Å². The van der Waals surface area contributed by atoms with E-state index in [0.29, 0.717) is 13.0 Å². The number of carbonyl (C=O) groups is 6. The van der Waals surface area contributed by atoms with Crippen LogP contribution in [0.5, 0.6) is 0 Å². The fraction of sp³-hybridized carbons (Fsp3) is 0.432. The van der Waals surface area contributed by atoms with Gasteiger partial charge in [0.15, 0.2) is 0 Å². The quantitative estimate of drug-likeness (QED) is 0.00596. The topological polar surface area (TPSA) is 297 Å². The predicted molar refractivity (Wildman–Crippen MR) is 415 cm³/mol. The number of aliphatic hydroxyl groups is 1. The lowest BCUT2D eigenvalue weighted by Crippen LogP contribution is -2.66. The molecule has 0 radical (unpaired) electrons. The van der Waals surface area contributed by atoms with E-state index >= 15 is 0 Å². The number of esters is 2. The molecule has 5 N–H and O–H groups in total. The molecule has 2 aliphatic rings. The first kappa shape index (κ1) is 85.9. The molecule has 6 aromatic rings. The molecule has 0 bridgehead atoms. The van der Waals surface area contributed by atoms with Gasteiger partial charge in [-0.3, -0.25) is 37.3 Å². The molecule has 23 nitrogen and oxygen atoms in total. The van der Waals surface area contributed by atoms with Crippen LogP contribution in [0.2, 0.25) is 5.04 Å². The van der Waals surface area contributed by atoms with Gasteiger partial charge >= 0.3 is 39.5 Å². The highest BCUT2D eigenvalue weighted by atomic mass is 31.2. The summed E-state index contributed by atoms with van der Waals surface area (Å²) >= 11 is 0. The van der Waals surface area contributed by atoms with Crippen LogP contribution < -0.4 is 31.6 Å². The Balaban J connectivity index is 0.000000314. The van der Waals surface area contributed by atoms with Crippen LogP contribution in [0.25, 0.3) is 22.3 Å². The van der Waals surface area contributed by atoms with Crippen molar-refractivity contribution in [1.82, 2.24) is 21.3 Å². The maximum Gasteiger partial charge on any atom is 0.475 e. The van der Waals surface area contributed by atoms with Crippen molar-refractivity contribution in [3.63, 3.8) is 0 Å². The lowest BCUT2D eigenvalue weighted by molar-refractivity contribution is -0.156. The van der Waals surface area contributed by atoms with E-state index in [9.17, 15) is 37.9 Å². The number of benzene rings is 6. The zero-order chi connectivity index (χ0) is 77.7. The summed E-state index contributed by atoms with van der Waals surface area (Å²) in [5.41, 5.74) is 7.21. The fourth-order valence-electron chi connectivity index (χ4n) is 12.5. The molecule has 578 valence electrons. The highest BCUT2D eigenvalue weighted by molar-refractivity contribution is 7.53. The van der Waals surface area contributed by atoms with E-state index in [1.807, 2.05) is 121 Å². The number of phosphoric acid groups is 1. The Morgan fingerprint density at radius 2 is 0.897 bits per heavy atom. The molecule has 2 aliphatic carbocycles. The molecular weight excluding hydrogens is 1420 g/mol. The van der Waals surface area contributed by atoms with Crippen molar-refractivity contribution >= 4 is 70.0 Å². The molecule has 0 spiro atoms. The van der Waals surface area contributed by atoms with Gasteiger partial charge in [-0.25, -0.2) is 14.2 Å². The first-order valence-corrected chi connectivity index (χ1v) is 41.3. The Morgan fingerprint density at radius 1 is 0.495 bits per heavy atom. The zero-order valence-corrected chi connectivity index (χ0v) is 65.8. The van der Waals surface area contributed by atoms with E-state index in [1.165, 1.54) is 12.2 Å². The van der Waals surface area contributed by atoms with Crippen LogP contribution in [0, 0.1) is 0 Å². The number of aliphatic hydroxyl groups excluding tert-OH is 1. The zero-order valence-electron chi connectivity index (χ0n) is 63.0. The Bertz CT molecular complexity index is 3880. The molecule has 0 aromatic heterocycles. The van der Waals surface area contributed by atoms with Gasteiger partial charge in [0, 0.05) is 51.0 Å². The van der Waals surface area contributed by atoms with Crippen LogP contribution in [0.15, 0.2) is 183 Å². The second kappa shape index (κ2) is 41.3. The molecule has 6 aromatic carbocycles. The minimum Gasteiger partial charge on any atom is -0.460 e. The third-order valence-corrected chi connectivity index (χ3v) is 25.5. The van der Waals surface area contributed by atoms with Gasteiger partial charge in [0.2, 0.25) is 11.8 Å². The van der Waals surface area contributed by atoms with Gasteiger partial charge in [0.05, 0.1) is 39.2 Å². The lowest BCUT2D eigenvalue weighted by Gasteiger charge is -2.43. The van der Waals surface area contributed by atoms with Gasteiger partial charge in [-0.15, -0.1) is 13.2 Å². The summed E-state index contributed by atoms with van der Waals surface area (Å²) in [5.74, 6) is -2.36. The van der Waals surface area contributed by atoms with Crippen molar-refractivity contribution in [3.05, 3.63) is 205 Å². The van der Waals surface area contributed by atoms with Gasteiger partial charge in [0.25, 0.3) is 8.32 Å². The molecule has 0 saturated heterocycles. The number of rotatable bonds is 40. The summed E-state index contributed by atoms with van der Waals surface area (Å²) in [6, 6.07) is 50.0. The third kappa shape index (κ3) is 26.2. The van der Waals surface area contributed by atoms with Gasteiger partial charge in [-0.2, -0.15) is 0 Å². The summed E-state index contributed by atoms with van der Waals surface area (Å²) in [5, 5.41) is 22.0. The van der Waals surface area contributed by atoms with Gasteiger partial charge in [-0.05, 0) is 134 Å². The van der Waals surface area contributed by atoms with E-state index in [-0.39, 0.29) is 121 Å². The Hall–Kier alpha value is -8.38. The van der Waals surface area contributed by atoms with Crippen LogP contribution in [-0.2, 0) is 74.3 Å². The summed E-state index contributed by atoms with van der Waals surface area (Å²) in [7, 11) is -10.9. The van der Waals surface area contributed by atoms with Crippen LogP contribution in [0.1, 0.15) is 141 Å². The second-order valence-corrected chi connectivity index (χ2v) is 36.8. The second-order valence-electron chi connectivity index (χ2n) is 28.7. The van der Waals surface area contributed by atoms with Crippen LogP contribution in [0.4, 0.5) is 9.59 Å². The molecule has 4 amide bonds. The van der Waals surface area contributed by atoms with Gasteiger partial charge in [-0.1, -0.05) is 191 Å². The molecule has 107 heavy (non-hydrogen) atoms. The molecule has 0 saturated carbocycles. The van der Waals surface area contributed by atoms with E-state index in [2.05, 4.69) is 91.6 Å². The standard InChI is InChI=1S/C49H63N2O9PSi.C32H43N2O10P/c1-8-32-57-61(55,58-33-19-29-45(52)60-48(2,3)4)35-30-44(51-47(54)56-36-43-41-27-17-15-25-39(41)40-26-16-18-28-42(40)43)46(53)50-31-20-34-59-62(49(5,6)7,37-21-11-9-12-22-37)38-23-13-10-14-24-38;1-5-19-41-45(39,42-20-10-16-29(36)44-32(2,3)4)43-22-28(30(37)33-17-11-18-35)34-31(38)40-21-27-25-14-8-6-12-23(25)24-13-7-9-15-26(24)27/h8-18,21-28,43-44H,1,19-20,29-36H2,2-7H3,(H,50,53)(H,51,54);5-9,12-15,27-28,35H,1,10-11,16-22H2,2-4H3,(H,33,37)(H,34,38). The Kier molecular flexibility index (Phi) is 33.1. The highest BCUT2D eigenvalue weighted by Gasteiger charge is 2.50. The fourth-order valence-corrected chi connectivity index (χ4v) is 19.9. The maximum atomic E-state index is 14.0. The lowest BCUT2D eigenvalue weighted by atomic mass is 9.98. The molecular formula is C81H106N4O19P2Si. The normalized spacial score (nSPS) is 14.3. The van der Waals surface area contributed by atoms with E-state index < -0.39 is 89.6 Å². The van der Waals surface area contributed by atoms with Gasteiger partial charge < -0.3 is 58.8 Å². The minimum absolute atomic E-state index is 0.0119. The Morgan fingerprint density at radius 3 is 1.33 bits per heavy atom. The van der Waals surface area contributed by atoms with Crippen molar-refractivity contribution in [3.8, 4) is 22.3 Å². The summed E-state index contributed by atoms with van der Waals surface area (Å²) in [6.07, 6.45) is 2.09. The molecule has 0 aliphatic heterocycles. The number of carbonyl (C=O) groups excluding carboxylic acids is 6. The van der Waals surface area contributed by atoms with Gasteiger partial charge in [0.1, 0.15) is 36.5 Å². The van der Waals surface area contributed by atoms with E-state index in [0.717, 1.165) is 54.9 Å². The predicted octanol–water partition coefficient (Wildman–Crippen LogP) is 13.8. The summed E-state index contributed by atoms with van der Waals surface area (Å²) in [6.45, 7) is 24.1. The number of hydrogen-bond donors (Lipinski definition) is 5. The van der Waals surface area contributed by atoms with E-state index in [1.54, 1.807) is 41.5 Å². The molecule has 4 atom stereocenters. The number of phosphoric ester groups is 1. The molecule has 0 heterocycles. The van der Waals surface area contributed by atoms with Crippen LogP contribution >= 0.6 is 15.4 Å². The average molecular weight is 1530 g/mol. The van der Waals surface area contributed by atoms with Crippen molar-refractivity contribution in [2.75, 3.05) is 78.7 Å². The monoisotopic (exact) mass is 1530 g/mol. The van der Waals surface area contributed by atoms with Crippen molar-refractivity contribution < 1.29 is 89.0 Å². The highest BCUT2D eigenvalue weighted by Crippen LogP contribution is 2.51. The number of hydrogen-bond acceptors (Lipinski definition) is 19. The molecule has 4 unspecified atom stereocenters. The molecule has 8 rings (SSSR count). The number of ether oxygens (including phenoxy) is 4. The minimum atomic E-state index is -4.25. The molecule has 26 heteroatoms. The third-order valence-electron chi connectivity index (χ3n) is 17.2. The molecule has 0 fully saturated rings. The average Bonchev–Trinajstić information content (AvgIpc) is 1.76. The SMILES string of the molecule is C=CCOP(=O)(CCC(NC(=O)OCC1c2ccccc2-c2ccccc21)C(=O)NCCCO[Si](c1ccccc1)(c1ccccc1)C(C)(C)C)OCCCC(=O)OC(C)(C)C.C=CCOP(=O)(OCCCC(=O)OC(C)(C)C)OCC(NC(=O)OCC1c2ccccc2-c2ccccc21)C(=O)NCCCO. The first-order valence-electron chi connectivity index (χ1n) is 36.2. The first-order chi connectivity index (χ1) is 51.0. The van der Waals surface area contributed by atoms with Crippen LogP contribution in [-0.4, -0.2) is 151 Å². The number of nitrogens with one attached hydrogen (secondary N) is 4. The number of fused-ring (bicyclic) bond motifs is 6. The number of alkyl carbamates (subject to hydrolysis) is 2. The summed E-state index contributed by atoms with van der Waals surface area (Å²) < 4.78 is 83.8. The summed E-state index contributed by atoms with van der Waals surface area (Å²) in [4.78, 5) is 77.6.